The minimum atomic E-state index is -4.53. The molecule has 0 radical (unpaired) electrons. The Bertz CT molecular complexity index is 1180. The number of carbonyl (C=O) groups is 2. The lowest BCUT2D eigenvalue weighted by Crippen LogP contribution is -2.21. The first kappa shape index (κ1) is 24.9. The molecular weight excluding hydrogens is 548 g/mol. The first-order valence-corrected chi connectivity index (χ1v) is 10.7. The number of anilines is 2. The van der Waals surface area contributed by atoms with Crippen molar-refractivity contribution < 1.29 is 27.5 Å². The molecule has 3 rings (SSSR count). The Morgan fingerprint density at radius 3 is 2.27 bits per heavy atom. The van der Waals surface area contributed by atoms with Crippen LogP contribution >= 0.6 is 39.1 Å². The second-order valence-corrected chi connectivity index (χ2v) is 8.35. The summed E-state index contributed by atoms with van der Waals surface area (Å²) in [5.41, 5.74) is -0.465. The topological polar surface area (TPSA) is 67.4 Å². The Balaban J connectivity index is 1.64. The molecule has 2 N–H and O–H groups in total. The highest BCUT2D eigenvalue weighted by atomic mass is 79.9. The molecule has 0 aliphatic rings. The molecule has 0 spiro atoms. The maximum Gasteiger partial charge on any atom is 0.416 e. The summed E-state index contributed by atoms with van der Waals surface area (Å²) in [7, 11) is 0. The Hall–Kier alpha value is -2.75. The molecule has 0 saturated heterocycles. The van der Waals surface area contributed by atoms with Gasteiger partial charge >= 0.3 is 6.18 Å². The lowest BCUT2D eigenvalue weighted by atomic mass is 10.1. The van der Waals surface area contributed by atoms with Crippen LogP contribution in [-0.2, 0) is 11.0 Å². The number of benzene rings is 3. The molecule has 3 aromatic carbocycles. The van der Waals surface area contributed by atoms with Gasteiger partial charge in [-0.05, 0) is 64.5 Å². The quantitative estimate of drug-likeness (QED) is 0.339. The van der Waals surface area contributed by atoms with E-state index in [4.69, 9.17) is 27.9 Å². The van der Waals surface area contributed by atoms with Crippen LogP contribution in [0.3, 0.4) is 0 Å². The molecule has 0 saturated carbocycles. The van der Waals surface area contributed by atoms with Crippen LogP contribution in [0.25, 0.3) is 0 Å². The van der Waals surface area contributed by atoms with Crippen molar-refractivity contribution in [3.63, 3.8) is 0 Å². The second kappa shape index (κ2) is 10.5. The summed E-state index contributed by atoms with van der Waals surface area (Å²) < 4.78 is 44.5. The van der Waals surface area contributed by atoms with Crippen molar-refractivity contribution in [2.45, 2.75) is 6.18 Å². The Morgan fingerprint density at radius 2 is 1.61 bits per heavy atom. The van der Waals surface area contributed by atoms with E-state index < -0.39 is 23.6 Å². The summed E-state index contributed by atoms with van der Waals surface area (Å²) in [6.45, 7) is -0.374. The first-order valence-electron chi connectivity index (χ1n) is 9.19. The third kappa shape index (κ3) is 6.86. The number of alkyl halides is 3. The highest BCUT2D eigenvalue weighted by Crippen LogP contribution is 2.36. The molecule has 0 fully saturated rings. The monoisotopic (exact) mass is 560 g/mol. The van der Waals surface area contributed by atoms with Gasteiger partial charge in [-0.25, -0.2) is 0 Å². The van der Waals surface area contributed by atoms with E-state index in [1.807, 2.05) is 0 Å². The molecule has 0 heterocycles. The van der Waals surface area contributed by atoms with Crippen molar-refractivity contribution in [3.8, 4) is 5.75 Å². The molecule has 2 amide bonds. The fourth-order valence-electron chi connectivity index (χ4n) is 2.72. The van der Waals surface area contributed by atoms with Crippen LogP contribution in [-0.4, -0.2) is 18.4 Å². The molecule has 0 atom stereocenters. The molecule has 3 aromatic rings. The SMILES string of the molecule is O=C(COc1c(Cl)cc(Cl)cc1Br)Nc1cccc(C(=O)Nc2cccc(C(F)(F)F)c2)c1. The number of hydrogen-bond donors (Lipinski definition) is 2. The summed E-state index contributed by atoms with van der Waals surface area (Å²) in [4.78, 5) is 24.7. The third-order valence-corrected chi connectivity index (χ3v) is 5.25. The molecule has 0 unspecified atom stereocenters. The number of nitrogens with one attached hydrogen (secondary N) is 2. The van der Waals surface area contributed by atoms with Crippen LogP contribution in [0.2, 0.25) is 10.0 Å². The van der Waals surface area contributed by atoms with Gasteiger partial charge in [-0.15, -0.1) is 0 Å². The Kier molecular flexibility index (Phi) is 7.88. The van der Waals surface area contributed by atoms with Crippen LogP contribution in [0.15, 0.2) is 65.1 Å². The number of ether oxygens (including phenoxy) is 1. The first-order chi connectivity index (χ1) is 15.5. The van der Waals surface area contributed by atoms with E-state index in [0.29, 0.717) is 15.2 Å². The van der Waals surface area contributed by atoms with Crippen molar-refractivity contribution in [1.82, 2.24) is 0 Å². The van der Waals surface area contributed by atoms with E-state index in [1.54, 1.807) is 12.1 Å². The van der Waals surface area contributed by atoms with Gasteiger partial charge < -0.3 is 15.4 Å². The highest BCUT2D eigenvalue weighted by molar-refractivity contribution is 9.10. The van der Waals surface area contributed by atoms with Crippen LogP contribution in [0.4, 0.5) is 24.5 Å². The van der Waals surface area contributed by atoms with Gasteiger partial charge in [0.1, 0.15) is 0 Å². The molecule has 172 valence electrons. The summed E-state index contributed by atoms with van der Waals surface area (Å²) in [5.74, 6) is -0.924. The van der Waals surface area contributed by atoms with Crippen LogP contribution in [0, 0.1) is 0 Å². The summed E-state index contributed by atoms with van der Waals surface area (Å²) in [6.07, 6.45) is -4.53. The lowest BCUT2D eigenvalue weighted by molar-refractivity contribution is -0.137. The minimum absolute atomic E-state index is 0.0110. The van der Waals surface area contributed by atoms with Gasteiger partial charge in [-0.1, -0.05) is 35.3 Å². The maximum atomic E-state index is 12.9. The zero-order valence-corrected chi connectivity index (χ0v) is 19.6. The average molecular weight is 562 g/mol. The van der Waals surface area contributed by atoms with Crippen molar-refractivity contribution in [3.05, 3.63) is 86.3 Å². The van der Waals surface area contributed by atoms with Gasteiger partial charge in [0.15, 0.2) is 12.4 Å². The number of rotatable bonds is 6. The second-order valence-electron chi connectivity index (χ2n) is 6.65. The minimum Gasteiger partial charge on any atom is -0.481 e. The van der Waals surface area contributed by atoms with Gasteiger partial charge in [0.2, 0.25) is 0 Å². The van der Waals surface area contributed by atoms with E-state index in [0.717, 1.165) is 12.1 Å². The predicted molar refractivity (Wildman–Crippen MR) is 124 cm³/mol. The van der Waals surface area contributed by atoms with Crippen LogP contribution in [0.5, 0.6) is 5.75 Å². The molecule has 0 aromatic heterocycles. The standard InChI is InChI=1S/C22H14BrCl2F3N2O3/c23-17-9-14(24)10-18(25)20(17)33-11-19(31)29-15-5-1-3-12(7-15)21(32)30-16-6-2-4-13(8-16)22(26,27)28/h1-10H,11H2,(H,29,31)(H,30,32). The van der Waals surface area contributed by atoms with E-state index >= 15 is 0 Å². The molecule has 0 bridgehead atoms. The van der Waals surface area contributed by atoms with Gasteiger partial charge in [-0.2, -0.15) is 13.2 Å². The fraction of sp³-hybridized carbons (Fsp3) is 0.0909. The van der Waals surface area contributed by atoms with Crippen molar-refractivity contribution in [1.29, 1.82) is 0 Å². The van der Waals surface area contributed by atoms with Gasteiger partial charge in [-0.3, -0.25) is 9.59 Å². The average Bonchev–Trinajstić information content (AvgIpc) is 2.72. The Morgan fingerprint density at radius 1 is 0.939 bits per heavy atom. The Labute approximate surface area is 205 Å². The zero-order chi connectivity index (χ0) is 24.2. The van der Waals surface area contributed by atoms with Crippen molar-refractivity contribution >= 4 is 62.3 Å². The fourth-order valence-corrected chi connectivity index (χ4v) is 4.08. The molecule has 0 aliphatic carbocycles. The molecule has 5 nitrogen and oxygen atoms in total. The summed E-state index contributed by atoms with van der Waals surface area (Å²) in [5, 5.41) is 5.59. The van der Waals surface area contributed by atoms with Crippen molar-refractivity contribution in [2.24, 2.45) is 0 Å². The van der Waals surface area contributed by atoms with Gasteiger partial charge in [0.25, 0.3) is 11.8 Å². The number of halogens is 6. The number of carbonyl (C=O) groups excluding carboxylic acids is 2. The van der Waals surface area contributed by atoms with Gasteiger partial charge in [0, 0.05) is 22.0 Å². The van der Waals surface area contributed by atoms with Crippen LogP contribution < -0.4 is 15.4 Å². The van der Waals surface area contributed by atoms with E-state index in [1.165, 1.54) is 36.4 Å². The third-order valence-electron chi connectivity index (χ3n) is 4.17. The number of hydrogen-bond acceptors (Lipinski definition) is 3. The summed E-state index contributed by atoms with van der Waals surface area (Å²) in [6, 6.07) is 13.2. The lowest BCUT2D eigenvalue weighted by Gasteiger charge is -2.12. The maximum absolute atomic E-state index is 12.9. The molecule has 0 aliphatic heterocycles. The predicted octanol–water partition coefficient (Wildman–Crippen LogP) is 7.04. The normalized spacial score (nSPS) is 11.1. The largest absolute Gasteiger partial charge is 0.481 e. The molecule has 11 heteroatoms. The summed E-state index contributed by atoms with van der Waals surface area (Å²) >= 11 is 15.2. The van der Waals surface area contributed by atoms with E-state index in [9.17, 15) is 22.8 Å². The molecular formula is C22H14BrCl2F3N2O3. The zero-order valence-electron chi connectivity index (χ0n) is 16.5. The van der Waals surface area contributed by atoms with E-state index in [2.05, 4.69) is 26.6 Å². The highest BCUT2D eigenvalue weighted by Gasteiger charge is 2.30. The van der Waals surface area contributed by atoms with Crippen LogP contribution in [0.1, 0.15) is 15.9 Å². The van der Waals surface area contributed by atoms with E-state index in [-0.39, 0.29) is 28.6 Å². The van der Waals surface area contributed by atoms with Gasteiger partial charge in [0.05, 0.1) is 15.1 Å². The number of amides is 2. The molecule has 33 heavy (non-hydrogen) atoms. The van der Waals surface area contributed by atoms with Crippen molar-refractivity contribution in [2.75, 3.05) is 17.2 Å². The smallest absolute Gasteiger partial charge is 0.416 e.